The first-order valence-electron chi connectivity index (χ1n) is 11.0. The van der Waals surface area contributed by atoms with Crippen molar-refractivity contribution in [1.82, 2.24) is 14.4 Å². The van der Waals surface area contributed by atoms with Crippen molar-refractivity contribution >= 4 is 11.8 Å². The van der Waals surface area contributed by atoms with Crippen molar-refractivity contribution in [2.75, 3.05) is 32.8 Å². The molecule has 160 valence electrons. The van der Waals surface area contributed by atoms with Gasteiger partial charge < -0.3 is 19.1 Å². The van der Waals surface area contributed by atoms with Crippen molar-refractivity contribution in [3.8, 4) is 5.75 Å². The summed E-state index contributed by atoms with van der Waals surface area (Å²) in [6, 6.07) is 11.3. The molecule has 0 unspecified atom stereocenters. The summed E-state index contributed by atoms with van der Waals surface area (Å²) in [5.41, 5.74) is 1.47. The van der Waals surface area contributed by atoms with Gasteiger partial charge in [0.05, 0.1) is 6.61 Å². The molecule has 1 aromatic heterocycles. The van der Waals surface area contributed by atoms with Crippen LogP contribution in [0.25, 0.3) is 0 Å². The Morgan fingerprint density at radius 2 is 1.57 bits per heavy atom. The van der Waals surface area contributed by atoms with Crippen molar-refractivity contribution in [2.45, 2.75) is 32.1 Å². The summed E-state index contributed by atoms with van der Waals surface area (Å²) >= 11 is 0. The van der Waals surface area contributed by atoms with Gasteiger partial charge in [-0.15, -0.1) is 0 Å². The van der Waals surface area contributed by atoms with E-state index < -0.39 is 0 Å². The topological polar surface area (TPSA) is 54.8 Å². The van der Waals surface area contributed by atoms with Gasteiger partial charge >= 0.3 is 0 Å². The Bertz CT molecular complexity index is 860. The smallest absolute Gasteiger partial charge is 0.270 e. The fourth-order valence-electron chi connectivity index (χ4n) is 4.34. The van der Waals surface area contributed by atoms with Gasteiger partial charge in [0.2, 0.25) is 0 Å². The van der Waals surface area contributed by atoms with Crippen molar-refractivity contribution in [2.24, 2.45) is 13.0 Å². The molecule has 0 radical (unpaired) electrons. The maximum absolute atomic E-state index is 12.6. The zero-order chi connectivity index (χ0) is 20.9. The third kappa shape index (κ3) is 4.69. The number of aryl methyl sites for hydroxylation is 1. The highest BCUT2D eigenvalue weighted by Gasteiger charge is 2.25. The van der Waals surface area contributed by atoms with Gasteiger partial charge in [0.15, 0.2) is 0 Å². The molecule has 1 aromatic carbocycles. The van der Waals surface area contributed by atoms with E-state index in [1.165, 1.54) is 6.42 Å². The fourth-order valence-corrected chi connectivity index (χ4v) is 4.34. The lowest BCUT2D eigenvalue weighted by Gasteiger charge is -2.32. The average Bonchev–Trinajstić information content (AvgIpc) is 3.24. The molecule has 2 fully saturated rings. The number of carbonyl (C=O) groups is 2. The normalized spacial score (nSPS) is 17.8. The van der Waals surface area contributed by atoms with Gasteiger partial charge in [0.1, 0.15) is 11.4 Å². The van der Waals surface area contributed by atoms with Gasteiger partial charge in [0, 0.05) is 45.0 Å². The number of nitrogens with zero attached hydrogens (tertiary/aromatic N) is 3. The van der Waals surface area contributed by atoms with E-state index in [1.807, 2.05) is 64.0 Å². The number of likely N-dealkylation sites (tertiary alicyclic amines) is 2. The molecule has 30 heavy (non-hydrogen) atoms. The van der Waals surface area contributed by atoms with Gasteiger partial charge in [-0.2, -0.15) is 0 Å². The van der Waals surface area contributed by atoms with Crippen LogP contribution < -0.4 is 4.74 Å². The molecule has 6 heteroatoms. The van der Waals surface area contributed by atoms with Crippen LogP contribution in [-0.4, -0.2) is 59.0 Å². The number of hydrogen-bond donors (Lipinski definition) is 0. The van der Waals surface area contributed by atoms with E-state index in [4.69, 9.17) is 4.74 Å². The number of ether oxygens (including phenoxy) is 1. The molecule has 0 spiro atoms. The first kappa shape index (κ1) is 20.5. The summed E-state index contributed by atoms with van der Waals surface area (Å²) in [5.74, 6) is 1.47. The van der Waals surface area contributed by atoms with E-state index in [2.05, 4.69) is 0 Å². The summed E-state index contributed by atoms with van der Waals surface area (Å²) in [7, 11) is 1.90. The molecule has 2 amide bonds. The highest BCUT2D eigenvalue weighted by Crippen LogP contribution is 2.22. The van der Waals surface area contributed by atoms with Crippen LogP contribution >= 0.6 is 0 Å². The number of benzene rings is 1. The molecule has 2 aromatic rings. The van der Waals surface area contributed by atoms with Gasteiger partial charge in [-0.1, -0.05) is 0 Å². The first-order valence-corrected chi connectivity index (χ1v) is 11.0. The monoisotopic (exact) mass is 409 g/mol. The quantitative estimate of drug-likeness (QED) is 0.758. The van der Waals surface area contributed by atoms with E-state index in [0.29, 0.717) is 12.5 Å². The van der Waals surface area contributed by atoms with Crippen molar-refractivity contribution < 1.29 is 14.3 Å². The van der Waals surface area contributed by atoms with Crippen LogP contribution in [0.1, 0.15) is 53.0 Å². The van der Waals surface area contributed by atoms with E-state index in [9.17, 15) is 9.59 Å². The number of amides is 2. The predicted molar refractivity (Wildman–Crippen MR) is 116 cm³/mol. The number of hydrogen-bond acceptors (Lipinski definition) is 3. The highest BCUT2D eigenvalue weighted by molar-refractivity contribution is 5.94. The maximum atomic E-state index is 12.6. The van der Waals surface area contributed by atoms with Crippen molar-refractivity contribution in [3.63, 3.8) is 0 Å². The molecule has 2 saturated heterocycles. The van der Waals surface area contributed by atoms with Gasteiger partial charge in [0.25, 0.3) is 11.8 Å². The zero-order valence-corrected chi connectivity index (χ0v) is 17.8. The average molecular weight is 410 g/mol. The Hall–Kier alpha value is -2.76. The van der Waals surface area contributed by atoms with Crippen molar-refractivity contribution in [3.05, 3.63) is 53.9 Å². The number of carbonyl (C=O) groups excluding carboxylic acids is 2. The van der Waals surface area contributed by atoms with E-state index in [-0.39, 0.29) is 11.8 Å². The van der Waals surface area contributed by atoms with Crippen LogP contribution in [0, 0.1) is 5.92 Å². The Morgan fingerprint density at radius 1 is 0.900 bits per heavy atom. The second-order valence-corrected chi connectivity index (χ2v) is 8.43. The van der Waals surface area contributed by atoms with Crippen LogP contribution in [0.4, 0.5) is 0 Å². The van der Waals surface area contributed by atoms with Crippen LogP contribution in [0.2, 0.25) is 0 Å². The highest BCUT2D eigenvalue weighted by atomic mass is 16.5. The molecule has 0 bridgehead atoms. The Kier molecular flexibility index (Phi) is 6.41. The molecule has 2 aliphatic heterocycles. The van der Waals surface area contributed by atoms with E-state index in [0.717, 1.165) is 68.9 Å². The third-order valence-electron chi connectivity index (χ3n) is 6.29. The summed E-state index contributed by atoms with van der Waals surface area (Å²) in [6.07, 6.45) is 7.21. The SMILES string of the molecule is Cn1cccc1C(=O)N1CCC(COc2ccc(C(=O)N3CCCCC3)cc2)CC1. The van der Waals surface area contributed by atoms with Crippen LogP contribution in [0.3, 0.4) is 0 Å². The lowest BCUT2D eigenvalue weighted by Crippen LogP contribution is -2.40. The Balaban J connectivity index is 1.23. The molecular formula is C24H31N3O3. The second kappa shape index (κ2) is 9.37. The Labute approximate surface area is 178 Å². The molecule has 4 rings (SSSR count). The summed E-state index contributed by atoms with van der Waals surface area (Å²) < 4.78 is 7.85. The van der Waals surface area contributed by atoms with Gasteiger partial charge in [-0.05, 0) is 74.4 Å². The predicted octanol–water partition coefficient (Wildman–Crippen LogP) is 3.58. The van der Waals surface area contributed by atoms with E-state index >= 15 is 0 Å². The zero-order valence-electron chi connectivity index (χ0n) is 17.8. The standard InChI is InChI=1S/C24H31N3O3/c1-25-13-5-6-22(25)24(29)27-16-11-19(12-17-27)18-30-21-9-7-20(8-10-21)23(28)26-14-3-2-4-15-26/h5-10,13,19H,2-4,11-12,14-18H2,1H3. The van der Waals surface area contributed by atoms with Crippen LogP contribution in [-0.2, 0) is 7.05 Å². The molecule has 0 N–H and O–H groups in total. The summed E-state index contributed by atoms with van der Waals surface area (Å²) in [5, 5.41) is 0. The van der Waals surface area contributed by atoms with Gasteiger partial charge in [-0.25, -0.2) is 0 Å². The summed E-state index contributed by atoms with van der Waals surface area (Å²) in [4.78, 5) is 29.1. The minimum absolute atomic E-state index is 0.107. The minimum Gasteiger partial charge on any atom is -0.493 e. The molecule has 3 heterocycles. The summed E-state index contributed by atoms with van der Waals surface area (Å²) in [6.45, 7) is 3.90. The molecule has 6 nitrogen and oxygen atoms in total. The molecule has 2 aliphatic rings. The fraction of sp³-hybridized carbons (Fsp3) is 0.500. The second-order valence-electron chi connectivity index (χ2n) is 8.43. The number of rotatable bonds is 5. The Morgan fingerprint density at radius 3 is 2.20 bits per heavy atom. The van der Waals surface area contributed by atoms with E-state index in [1.54, 1.807) is 0 Å². The first-order chi connectivity index (χ1) is 14.6. The third-order valence-corrected chi connectivity index (χ3v) is 6.29. The van der Waals surface area contributed by atoms with Crippen LogP contribution in [0.15, 0.2) is 42.6 Å². The number of piperidine rings is 2. The molecule has 0 aliphatic carbocycles. The molecule has 0 saturated carbocycles. The molecule has 0 atom stereocenters. The maximum Gasteiger partial charge on any atom is 0.270 e. The lowest BCUT2D eigenvalue weighted by atomic mass is 9.97. The van der Waals surface area contributed by atoms with Crippen molar-refractivity contribution in [1.29, 1.82) is 0 Å². The molecular weight excluding hydrogens is 378 g/mol. The lowest BCUT2D eigenvalue weighted by molar-refractivity contribution is 0.0650. The van der Waals surface area contributed by atoms with Crippen LogP contribution in [0.5, 0.6) is 5.75 Å². The minimum atomic E-state index is 0.107. The van der Waals surface area contributed by atoms with Gasteiger partial charge in [-0.3, -0.25) is 9.59 Å². The largest absolute Gasteiger partial charge is 0.493 e. The number of aromatic nitrogens is 1.